The molecular weight excluding hydrogens is 200 g/mol. The van der Waals surface area contributed by atoms with Gasteiger partial charge in [0.25, 0.3) is 0 Å². The van der Waals surface area contributed by atoms with Crippen LogP contribution in [0.15, 0.2) is 0 Å². The van der Waals surface area contributed by atoms with Gasteiger partial charge in [-0.2, -0.15) is 0 Å². The minimum Gasteiger partial charge on any atom is -0.347 e. The minimum atomic E-state index is -0.0495. The highest BCUT2D eigenvalue weighted by molar-refractivity contribution is 5.81. The third-order valence-corrected chi connectivity index (χ3v) is 2.92. The van der Waals surface area contributed by atoms with Crippen LogP contribution < -0.4 is 5.32 Å². The molecule has 0 aliphatic heterocycles. The van der Waals surface area contributed by atoms with Crippen molar-refractivity contribution in [3.8, 4) is 0 Å². The molecule has 0 saturated carbocycles. The smallest absolute Gasteiger partial charge is 0.239 e. The largest absolute Gasteiger partial charge is 0.347 e. The number of likely N-dealkylation sites (N-methyl/N-ethyl adjacent to an activating group) is 1. The molecule has 0 aromatic carbocycles. The summed E-state index contributed by atoms with van der Waals surface area (Å²) in [5, 5.41) is 3.49. The lowest BCUT2D eigenvalue weighted by Gasteiger charge is -2.29. The molecular formula is C13H28N2O. The highest BCUT2D eigenvalue weighted by atomic mass is 16.2. The summed E-state index contributed by atoms with van der Waals surface area (Å²) in [5.41, 5.74) is 0. The number of amides is 1. The second kappa shape index (κ2) is 7.66. The molecule has 0 spiro atoms. The Morgan fingerprint density at radius 2 is 1.81 bits per heavy atom. The summed E-state index contributed by atoms with van der Waals surface area (Å²) in [7, 11) is 3.64. The van der Waals surface area contributed by atoms with Crippen LogP contribution in [0, 0.1) is 5.92 Å². The summed E-state index contributed by atoms with van der Waals surface area (Å²) >= 11 is 0. The maximum absolute atomic E-state index is 12.0. The number of nitrogens with zero attached hydrogens (tertiary/aromatic N) is 1. The SMILES string of the molecule is CCCC(CC)NC(C(=O)N(C)C)C(C)C. The number of carbonyl (C=O) groups excluding carboxylic acids is 1. The van der Waals surface area contributed by atoms with E-state index in [-0.39, 0.29) is 11.9 Å². The molecule has 0 heterocycles. The van der Waals surface area contributed by atoms with E-state index in [1.165, 1.54) is 0 Å². The van der Waals surface area contributed by atoms with Crippen molar-refractivity contribution >= 4 is 5.91 Å². The average Bonchev–Trinajstić information content (AvgIpc) is 2.22. The molecule has 2 atom stereocenters. The number of carbonyl (C=O) groups is 1. The monoisotopic (exact) mass is 228 g/mol. The topological polar surface area (TPSA) is 32.3 Å². The molecule has 0 bridgehead atoms. The van der Waals surface area contributed by atoms with Crippen molar-refractivity contribution in [2.75, 3.05) is 14.1 Å². The molecule has 0 radical (unpaired) electrons. The summed E-state index contributed by atoms with van der Waals surface area (Å²) < 4.78 is 0. The van der Waals surface area contributed by atoms with Crippen LogP contribution in [0.2, 0.25) is 0 Å². The zero-order valence-corrected chi connectivity index (χ0v) is 11.7. The van der Waals surface area contributed by atoms with Crippen molar-refractivity contribution in [1.29, 1.82) is 0 Å². The molecule has 0 fully saturated rings. The van der Waals surface area contributed by atoms with Gasteiger partial charge in [-0.3, -0.25) is 4.79 Å². The number of rotatable bonds is 7. The molecule has 0 aromatic rings. The molecule has 0 saturated heterocycles. The maximum Gasteiger partial charge on any atom is 0.239 e. The zero-order valence-electron chi connectivity index (χ0n) is 11.7. The van der Waals surface area contributed by atoms with E-state index >= 15 is 0 Å². The summed E-state index contributed by atoms with van der Waals surface area (Å²) in [6.45, 7) is 8.54. The van der Waals surface area contributed by atoms with Crippen LogP contribution >= 0.6 is 0 Å². The molecule has 0 aliphatic rings. The highest BCUT2D eigenvalue weighted by Crippen LogP contribution is 2.09. The first-order valence-corrected chi connectivity index (χ1v) is 6.41. The predicted octanol–water partition coefficient (Wildman–Crippen LogP) is 2.27. The second-order valence-corrected chi connectivity index (χ2v) is 5.01. The number of hydrogen-bond acceptors (Lipinski definition) is 2. The van der Waals surface area contributed by atoms with Crippen molar-refractivity contribution in [3.63, 3.8) is 0 Å². The normalized spacial score (nSPS) is 14.9. The van der Waals surface area contributed by atoms with Crippen molar-refractivity contribution in [2.24, 2.45) is 5.92 Å². The minimum absolute atomic E-state index is 0.0495. The Kier molecular flexibility index (Phi) is 7.39. The zero-order chi connectivity index (χ0) is 12.7. The van der Waals surface area contributed by atoms with Gasteiger partial charge in [-0.1, -0.05) is 34.1 Å². The standard InChI is InChI=1S/C13H28N2O/c1-7-9-11(8-2)14-12(10(3)4)13(16)15(5)6/h10-12,14H,7-9H2,1-6H3. The van der Waals surface area contributed by atoms with E-state index in [9.17, 15) is 4.79 Å². The summed E-state index contributed by atoms with van der Waals surface area (Å²) in [5.74, 6) is 0.519. The van der Waals surface area contributed by atoms with Gasteiger partial charge in [-0.25, -0.2) is 0 Å². The third-order valence-electron chi connectivity index (χ3n) is 2.92. The molecule has 1 N–H and O–H groups in total. The Hall–Kier alpha value is -0.570. The first-order valence-electron chi connectivity index (χ1n) is 6.41. The van der Waals surface area contributed by atoms with Gasteiger partial charge in [0, 0.05) is 20.1 Å². The van der Waals surface area contributed by atoms with E-state index in [4.69, 9.17) is 0 Å². The van der Waals surface area contributed by atoms with Gasteiger partial charge in [0.1, 0.15) is 0 Å². The van der Waals surface area contributed by atoms with E-state index in [0.717, 1.165) is 19.3 Å². The summed E-state index contributed by atoms with van der Waals surface area (Å²) in [4.78, 5) is 13.7. The fourth-order valence-corrected chi connectivity index (χ4v) is 1.83. The molecule has 2 unspecified atom stereocenters. The van der Waals surface area contributed by atoms with E-state index in [0.29, 0.717) is 12.0 Å². The van der Waals surface area contributed by atoms with Crippen LogP contribution in [-0.4, -0.2) is 37.0 Å². The maximum atomic E-state index is 12.0. The Morgan fingerprint density at radius 3 is 2.12 bits per heavy atom. The highest BCUT2D eigenvalue weighted by Gasteiger charge is 2.25. The lowest BCUT2D eigenvalue weighted by Crippen LogP contribution is -2.50. The van der Waals surface area contributed by atoms with Gasteiger partial charge >= 0.3 is 0 Å². The fourth-order valence-electron chi connectivity index (χ4n) is 1.83. The van der Waals surface area contributed by atoms with Crippen molar-refractivity contribution in [1.82, 2.24) is 10.2 Å². The van der Waals surface area contributed by atoms with E-state index in [1.807, 2.05) is 14.1 Å². The van der Waals surface area contributed by atoms with Gasteiger partial charge in [0.2, 0.25) is 5.91 Å². The van der Waals surface area contributed by atoms with Crippen molar-refractivity contribution in [3.05, 3.63) is 0 Å². The van der Waals surface area contributed by atoms with Crippen LogP contribution in [0.25, 0.3) is 0 Å². The van der Waals surface area contributed by atoms with Gasteiger partial charge in [-0.05, 0) is 18.8 Å². The molecule has 0 rings (SSSR count). The molecule has 0 aromatic heterocycles. The Balaban J connectivity index is 4.48. The molecule has 3 heteroatoms. The lowest BCUT2D eigenvalue weighted by molar-refractivity contribution is -0.132. The van der Waals surface area contributed by atoms with Crippen LogP contribution in [0.4, 0.5) is 0 Å². The van der Waals surface area contributed by atoms with E-state index in [1.54, 1.807) is 4.90 Å². The summed E-state index contributed by atoms with van der Waals surface area (Å²) in [6, 6.07) is 0.410. The second-order valence-electron chi connectivity index (χ2n) is 5.01. The average molecular weight is 228 g/mol. The first-order chi connectivity index (χ1) is 7.43. The molecule has 0 aliphatic carbocycles. The van der Waals surface area contributed by atoms with Gasteiger partial charge < -0.3 is 10.2 Å². The van der Waals surface area contributed by atoms with Crippen molar-refractivity contribution < 1.29 is 4.79 Å². The fraction of sp³-hybridized carbons (Fsp3) is 0.923. The van der Waals surface area contributed by atoms with Gasteiger partial charge in [-0.15, -0.1) is 0 Å². The van der Waals surface area contributed by atoms with Crippen LogP contribution in [-0.2, 0) is 4.79 Å². The first kappa shape index (κ1) is 15.4. The van der Waals surface area contributed by atoms with Crippen LogP contribution in [0.3, 0.4) is 0 Å². The number of hydrogen-bond donors (Lipinski definition) is 1. The molecule has 1 amide bonds. The molecule has 96 valence electrons. The quantitative estimate of drug-likeness (QED) is 0.725. The third kappa shape index (κ3) is 4.97. The Morgan fingerprint density at radius 1 is 1.25 bits per heavy atom. The molecule has 3 nitrogen and oxygen atoms in total. The van der Waals surface area contributed by atoms with Gasteiger partial charge in [0.05, 0.1) is 6.04 Å². The summed E-state index contributed by atoms with van der Waals surface area (Å²) in [6.07, 6.45) is 3.38. The molecule has 16 heavy (non-hydrogen) atoms. The van der Waals surface area contributed by atoms with Crippen LogP contribution in [0.5, 0.6) is 0 Å². The Bertz CT molecular complexity index is 202. The van der Waals surface area contributed by atoms with E-state index in [2.05, 4.69) is 33.0 Å². The van der Waals surface area contributed by atoms with Crippen LogP contribution in [0.1, 0.15) is 47.0 Å². The van der Waals surface area contributed by atoms with Crippen molar-refractivity contribution in [2.45, 2.75) is 59.0 Å². The predicted molar refractivity (Wildman–Crippen MR) is 69.4 cm³/mol. The van der Waals surface area contributed by atoms with Gasteiger partial charge in [0.15, 0.2) is 0 Å². The lowest BCUT2D eigenvalue weighted by atomic mass is 10.00. The Labute approximate surface area is 101 Å². The van der Waals surface area contributed by atoms with E-state index < -0.39 is 0 Å². The number of nitrogens with one attached hydrogen (secondary N) is 1.